The minimum absolute atomic E-state index is 0.420. The smallest absolute Gasteiger partial charge is 0.315 e. The summed E-state index contributed by atoms with van der Waals surface area (Å²) < 4.78 is 0. The lowest BCUT2D eigenvalue weighted by Crippen LogP contribution is -2.43. The number of aromatic nitrogens is 1. The molecule has 1 atom stereocenters. The van der Waals surface area contributed by atoms with Crippen LogP contribution in [-0.4, -0.2) is 34.6 Å². The van der Waals surface area contributed by atoms with E-state index in [0.29, 0.717) is 13.1 Å². The number of hydrogen-bond donors (Lipinski definition) is 1. The van der Waals surface area contributed by atoms with Crippen molar-refractivity contribution in [1.82, 2.24) is 9.88 Å². The topological polar surface area (TPSA) is 53.4 Å². The van der Waals surface area contributed by atoms with E-state index < -0.39 is 11.4 Å². The molecule has 1 heterocycles. The molecule has 0 aliphatic rings. The van der Waals surface area contributed by atoms with Crippen LogP contribution in [0.25, 0.3) is 0 Å². The Morgan fingerprint density at radius 2 is 1.86 bits per heavy atom. The zero-order valence-electron chi connectivity index (χ0n) is 12.4. The summed E-state index contributed by atoms with van der Waals surface area (Å²) in [5, 5.41) is 9.66. The van der Waals surface area contributed by atoms with Crippen LogP contribution in [0.4, 0.5) is 0 Å². The first-order valence-electron chi connectivity index (χ1n) is 6.90. The zero-order chi connectivity index (χ0) is 15.3. The summed E-state index contributed by atoms with van der Waals surface area (Å²) in [6, 6.07) is 15.1. The van der Waals surface area contributed by atoms with Gasteiger partial charge in [-0.25, -0.2) is 0 Å². The van der Waals surface area contributed by atoms with E-state index in [-0.39, 0.29) is 0 Å². The minimum atomic E-state index is -0.940. The molecule has 0 spiro atoms. The van der Waals surface area contributed by atoms with Crippen LogP contribution in [0.15, 0.2) is 54.7 Å². The van der Waals surface area contributed by atoms with Crippen molar-refractivity contribution >= 4 is 5.97 Å². The molecule has 0 saturated heterocycles. The van der Waals surface area contributed by atoms with Crippen LogP contribution in [0.1, 0.15) is 18.2 Å². The van der Waals surface area contributed by atoms with Crippen molar-refractivity contribution in [2.75, 3.05) is 13.6 Å². The van der Waals surface area contributed by atoms with Gasteiger partial charge in [-0.2, -0.15) is 0 Å². The highest BCUT2D eigenvalue weighted by Crippen LogP contribution is 2.25. The summed E-state index contributed by atoms with van der Waals surface area (Å²) >= 11 is 0. The Morgan fingerprint density at radius 3 is 2.43 bits per heavy atom. The number of aliphatic carboxylic acids is 1. The third-order valence-electron chi connectivity index (χ3n) is 3.63. The number of carboxylic acids is 1. The van der Waals surface area contributed by atoms with Crippen molar-refractivity contribution in [2.24, 2.45) is 0 Å². The number of hydrogen-bond acceptors (Lipinski definition) is 3. The van der Waals surface area contributed by atoms with Crippen LogP contribution in [-0.2, 0) is 16.8 Å². The van der Waals surface area contributed by atoms with Crippen molar-refractivity contribution in [3.63, 3.8) is 0 Å². The molecule has 0 amide bonds. The Bertz CT molecular complexity index is 586. The van der Waals surface area contributed by atoms with Gasteiger partial charge < -0.3 is 5.11 Å². The molecule has 2 rings (SSSR count). The van der Waals surface area contributed by atoms with Crippen LogP contribution >= 0.6 is 0 Å². The molecular formula is C17H20N2O2. The molecule has 0 fully saturated rings. The Hall–Kier alpha value is -2.20. The third-order valence-corrected chi connectivity index (χ3v) is 3.63. The monoisotopic (exact) mass is 284 g/mol. The van der Waals surface area contributed by atoms with Crippen LogP contribution in [0.3, 0.4) is 0 Å². The van der Waals surface area contributed by atoms with Gasteiger partial charge in [-0.1, -0.05) is 36.4 Å². The second-order valence-electron chi connectivity index (χ2n) is 5.50. The van der Waals surface area contributed by atoms with Crippen molar-refractivity contribution in [3.8, 4) is 0 Å². The summed E-state index contributed by atoms with van der Waals surface area (Å²) in [6.45, 7) is 2.80. The first-order chi connectivity index (χ1) is 10.0. The van der Waals surface area contributed by atoms with E-state index in [1.54, 1.807) is 13.1 Å². The van der Waals surface area contributed by atoms with Crippen molar-refractivity contribution in [1.29, 1.82) is 0 Å². The van der Waals surface area contributed by atoms with Crippen LogP contribution in [0.2, 0.25) is 0 Å². The van der Waals surface area contributed by atoms with E-state index in [0.717, 1.165) is 11.3 Å². The van der Waals surface area contributed by atoms with Gasteiger partial charge in [-0.3, -0.25) is 14.7 Å². The maximum absolute atomic E-state index is 11.8. The number of pyridine rings is 1. The van der Waals surface area contributed by atoms with Crippen molar-refractivity contribution < 1.29 is 9.90 Å². The zero-order valence-corrected chi connectivity index (χ0v) is 12.4. The Morgan fingerprint density at radius 1 is 1.19 bits per heavy atom. The maximum Gasteiger partial charge on any atom is 0.315 e. The number of benzene rings is 1. The quantitative estimate of drug-likeness (QED) is 0.885. The molecule has 4 heteroatoms. The molecule has 21 heavy (non-hydrogen) atoms. The molecule has 1 N–H and O–H groups in total. The molecule has 1 unspecified atom stereocenters. The summed E-state index contributed by atoms with van der Waals surface area (Å²) in [4.78, 5) is 18.0. The van der Waals surface area contributed by atoms with Gasteiger partial charge in [0.25, 0.3) is 0 Å². The van der Waals surface area contributed by atoms with Gasteiger partial charge in [-0.15, -0.1) is 0 Å². The predicted molar refractivity (Wildman–Crippen MR) is 82.0 cm³/mol. The van der Waals surface area contributed by atoms with E-state index in [9.17, 15) is 9.90 Å². The summed E-state index contributed by atoms with van der Waals surface area (Å²) in [6.07, 6.45) is 1.75. The summed E-state index contributed by atoms with van der Waals surface area (Å²) in [5.74, 6) is -0.818. The van der Waals surface area contributed by atoms with Gasteiger partial charge in [0.2, 0.25) is 0 Å². The lowest BCUT2D eigenvalue weighted by molar-refractivity contribution is -0.144. The van der Waals surface area contributed by atoms with Gasteiger partial charge >= 0.3 is 5.97 Å². The average Bonchev–Trinajstić information content (AvgIpc) is 2.48. The van der Waals surface area contributed by atoms with Gasteiger partial charge in [-0.05, 0) is 31.7 Å². The number of nitrogens with zero attached hydrogens (tertiary/aromatic N) is 2. The highest BCUT2D eigenvalue weighted by atomic mass is 16.4. The first-order valence-corrected chi connectivity index (χ1v) is 6.90. The molecule has 0 aliphatic heterocycles. The minimum Gasteiger partial charge on any atom is -0.481 e. The highest BCUT2D eigenvalue weighted by Gasteiger charge is 2.36. The fraction of sp³-hybridized carbons (Fsp3) is 0.294. The summed E-state index contributed by atoms with van der Waals surface area (Å²) in [5.41, 5.74) is 0.802. The van der Waals surface area contributed by atoms with Crippen LogP contribution in [0, 0.1) is 0 Å². The largest absolute Gasteiger partial charge is 0.481 e. The fourth-order valence-electron chi connectivity index (χ4n) is 2.45. The Balaban J connectivity index is 2.15. The molecule has 0 radical (unpaired) electrons. The molecular weight excluding hydrogens is 264 g/mol. The Kier molecular flexibility index (Phi) is 4.70. The molecule has 2 aromatic rings. The number of likely N-dealkylation sites (N-methyl/N-ethyl adjacent to an activating group) is 1. The molecule has 1 aromatic carbocycles. The van der Waals surface area contributed by atoms with Crippen LogP contribution < -0.4 is 0 Å². The molecule has 0 bridgehead atoms. The molecule has 1 aromatic heterocycles. The average molecular weight is 284 g/mol. The normalized spacial score (nSPS) is 13.9. The van der Waals surface area contributed by atoms with Gasteiger partial charge in [0.1, 0.15) is 5.41 Å². The lowest BCUT2D eigenvalue weighted by atomic mass is 9.82. The number of rotatable bonds is 6. The lowest BCUT2D eigenvalue weighted by Gasteiger charge is -2.30. The van der Waals surface area contributed by atoms with E-state index in [1.807, 2.05) is 60.5 Å². The first kappa shape index (κ1) is 15.2. The second-order valence-corrected chi connectivity index (χ2v) is 5.50. The highest BCUT2D eigenvalue weighted by molar-refractivity contribution is 5.81. The van der Waals surface area contributed by atoms with Gasteiger partial charge in [0, 0.05) is 19.3 Å². The maximum atomic E-state index is 11.8. The SMILES string of the molecule is CN(Cc1ccccn1)CC(C)(C(=O)O)c1ccccc1. The molecule has 0 saturated carbocycles. The van der Waals surface area contributed by atoms with Crippen LogP contribution in [0.5, 0.6) is 0 Å². The van der Waals surface area contributed by atoms with E-state index in [4.69, 9.17) is 0 Å². The van der Waals surface area contributed by atoms with E-state index in [1.165, 1.54) is 0 Å². The summed E-state index contributed by atoms with van der Waals surface area (Å²) in [7, 11) is 1.92. The van der Waals surface area contributed by atoms with Crippen molar-refractivity contribution in [2.45, 2.75) is 18.9 Å². The van der Waals surface area contributed by atoms with Gasteiger partial charge in [0.05, 0.1) is 5.69 Å². The van der Waals surface area contributed by atoms with E-state index in [2.05, 4.69) is 4.98 Å². The van der Waals surface area contributed by atoms with Crippen molar-refractivity contribution in [3.05, 3.63) is 66.0 Å². The number of carboxylic acid groups (broad SMARTS) is 1. The predicted octanol–water partition coefficient (Wildman–Crippen LogP) is 2.56. The molecule has 110 valence electrons. The number of carbonyl (C=O) groups is 1. The Labute approximate surface area is 125 Å². The van der Waals surface area contributed by atoms with E-state index >= 15 is 0 Å². The van der Waals surface area contributed by atoms with Gasteiger partial charge in [0.15, 0.2) is 0 Å². The molecule has 0 aliphatic carbocycles. The fourth-order valence-corrected chi connectivity index (χ4v) is 2.45. The standard InChI is InChI=1S/C17H20N2O2/c1-17(16(20)21,14-8-4-3-5-9-14)13-19(2)12-15-10-6-7-11-18-15/h3-11H,12-13H2,1-2H3,(H,20,21). The third kappa shape index (κ3) is 3.67. The second kappa shape index (κ2) is 6.50. The molecule has 4 nitrogen and oxygen atoms in total.